The summed E-state index contributed by atoms with van der Waals surface area (Å²) >= 11 is 0. The van der Waals surface area contributed by atoms with E-state index in [9.17, 15) is 8.78 Å². The van der Waals surface area contributed by atoms with Gasteiger partial charge < -0.3 is 4.90 Å². The third kappa shape index (κ3) is 2.86. The second-order valence-corrected chi connectivity index (χ2v) is 4.11. The van der Waals surface area contributed by atoms with Crippen LogP contribution in [0, 0.1) is 11.6 Å². The Kier molecular flexibility index (Phi) is 3.92. The zero-order chi connectivity index (χ0) is 13.0. The summed E-state index contributed by atoms with van der Waals surface area (Å²) in [7, 11) is 0. The van der Waals surface area contributed by atoms with Gasteiger partial charge in [-0.2, -0.15) is 0 Å². The van der Waals surface area contributed by atoms with Crippen molar-refractivity contribution in [2.45, 2.75) is 13.3 Å². The fourth-order valence-corrected chi connectivity index (χ4v) is 1.92. The Labute approximate surface area is 106 Å². The first-order valence-corrected chi connectivity index (χ1v) is 5.99. The van der Waals surface area contributed by atoms with Crippen LogP contribution in [0.1, 0.15) is 13.3 Å². The van der Waals surface area contributed by atoms with Gasteiger partial charge in [0.25, 0.3) is 0 Å². The highest BCUT2D eigenvalue weighted by molar-refractivity contribution is 5.63. The number of benzene rings is 2. The lowest BCUT2D eigenvalue weighted by atomic mass is 10.2. The molecular weight excluding hydrogens is 232 g/mol. The van der Waals surface area contributed by atoms with E-state index in [0.717, 1.165) is 17.8 Å². The van der Waals surface area contributed by atoms with Crippen LogP contribution in [0.5, 0.6) is 0 Å². The topological polar surface area (TPSA) is 3.24 Å². The van der Waals surface area contributed by atoms with Gasteiger partial charge in [-0.05, 0) is 42.8 Å². The molecule has 0 radical (unpaired) electrons. The van der Waals surface area contributed by atoms with Crippen molar-refractivity contribution in [3.8, 4) is 0 Å². The van der Waals surface area contributed by atoms with E-state index in [-0.39, 0.29) is 11.6 Å². The molecule has 0 aliphatic carbocycles. The molecule has 0 N–H and O–H groups in total. The summed E-state index contributed by atoms with van der Waals surface area (Å²) in [5.74, 6) is -0.574. The first-order valence-electron chi connectivity index (χ1n) is 5.99. The van der Waals surface area contributed by atoms with Gasteiger partial charge in [0, 0.05) is 17.9 Å². The Morgan fingerprint density at radius 1 is 0.889 bits per heavy atom. The van der Waals surface area contributed by atoms with Crippen molar-refractivity contribution in [1.29, 1.82) is 0 Å². The predicted molar refractivity (Wildman–Crippen MR) is 70.1 cm³/mol. The summed E-state index contributed by atoms with van der Waals surface area (Å²) in [6.07, 6.45) is 0.896. The lowest BCUT2D eigenvalue weighted by Crippen LogP contribution is -2.18. The van der Waals surface area contributed by atoms with Crippen LogP contribution in [0.15, 0.2) is 48.5 Å². The number of anilines is 2. The van der Waals surface area contributed by atoms with Crippen LogP contribution in [0.4, 0.5) is 20.2 Å². The summed E-state index contributed by atoms with van der Waals surface area (Å²) < 4.78 is 26.5. The molecule has 3 heteroatoms. The average molecular weight is 247 g/mol. The molecule has 0 unspecified atom stereocenters. The van der Waals surface area contributed by atoms with Crippen LogP contribution in [0.3, 0.4) is 0 Å². The molecule has 0 aromatic heterocycles. The highest BCUT2D eigenvalue weighted by Crippen LogP contribution is 2.26. The third-order valence-electron chi connectivity index (χ3n) is 2.69. The fourth-order valence-electron chi connectivity index (χ4n) is 1.92. The van der Waals surface area contributed by atoms with Crippen molar-refractivity contribution in [2.75, 3.05) is 11.4 Å². The Morgan fingerprint density at radius 2 is 1.39 bits per heavy atom. The first-order chi connectivity index (χ1) is 8.70. The van der Waals surface area contributed by atoms with E-state index >= 15 is 0 Å². The molecule has 18 heavy (non-hydrogen) atoms. The largest absolute Gasteiger partial charge is 0.341 e. The minimum Gasteiger partial charge on any atom is -0.341 e. The van der Waals surface area contributed by atoms with Crippen LogP contribution in [0.2, 0.25) is 0 Å². The molecule has 0 aliphatic rings. The number of hydrogen-bond donors (Lipinski definition) is 0. The Bertz CT molecular complexity index is 480. The number of nitrogens with zero attached hydrogens (tertiary/aromatic N) is 1. The molecule has 0 saturated heterocycles. The molecule has 0 fully saturated rings. The number of hydrogen-bond acceptors (Lipinski definition) is 1. The molecular formula is C15H15F2N. The van der Waals surface area contributed by atoms with E-state index in [4.69, 9.17) is 0 Å². The van der Waals surface area contributed by atoms with E-state index in [1.165, 1.54) is 24.3 Å². The predicted octanol–water partition coefficient (Wildman–Crippen LogP) is 4.51. The molecule has 0 bridgehead atoms. The fraction of sp³-hybridized carbons (Fsp3) is 0.200. The molecule has 0 amide bonds. The molecule has 0 atom stereocenters. The molecule has 0 aliphatic heterocycles. The summed E-state index contributed by atoms with van der Waals surface area (Å²) in [5.41, 5.74) is 1.48. The maximum atomic E-state index is 13.3. The third-order valence-corrected chi connectivity index (χ3v) is 2.69. The van der Waals surface area contributed by atoms with Gasteiger partial charge in [0.05, 0.1) is 0 Å². The van der Waals surface area contributed by atoms with Gasteiger partial charge in [0.15, 0.2) is 0 Å². The Hall–Kier alpha value is -1.90. The van der Waals surface area contributed by atoms with E-state index in [0.29, 0.717) is 6.54 Å². The van der Waals surface area contributed by atoms with E-state index in [1.54, 1.807) is 12.1 Å². The normalized spacial score (nSPS) is 10.4. The van der Waals surface area contributed by atoms with E-state index in [2.05, 4.69) is 0 Å². The van der Waals surface area contributed by atoms with Gasteiger partial charge in [-0.25, -0.2) is 8.78 Å². The maximum Gasteiger partial charge on any atom is 0.125 e. The van der Waals surface area contributed by atoms with Gasteiger partial charge in [-0.1, -0.05) is 19.1 Å². The van der Waals surface area contributed by atoms with Crippen molar-refractivity contribution in [3.63, 3.8) is 0 Å². The molecule has 0 spiro atoms. The SMILES string of the molecule is CCCN(c1cccc(F)c1)c1cccc(F)c1. The van der Waals surface area contributed by atoms with Gasteiger partial charge in [0.1, 0.15) is 11.6 Å². The molecule has 2 rings (SSSR count). The van der Waals surface area contributed by atoms with Crippen LogP contribution >= 0.6 is 0 Å². The summed E-state index contributed by atoms with van der Waals surface area (Å²) in [5, 5.41) is 0. The molecule has 1 nitrogen and oxygen atoms in total. The minimum atomic E-state index is -0.287. The second kappa shape index (κ2) is 5.63. The smallest absolute Gasteiger partial charge is 0.125 e. The standard InChI is InChI=1S/C15H15F2N/c1-2-9-18(14-7-3-5-12(16)10-14)15-8-4-6-13(17)11-15/h3-8,10-11H,2,9H2,1H3. The monoisotopic (exact) mass is 247 g/mol. The van der Waals surface area contributed by atoms with Crippen LogP contribution in [-0.2, 0) is 0 Å². The molecule has 94 valence electrons. The second-order valence-electron chi connectivity index (χ2n) is 4.11. The van der Waals surface area contributed by atoms with Gasteiger partial charge >= 0.3 is 0 Å². The maximum absolute atomic E-state index is 13.3. The molecule has 2 aromatic carbocycles. The van der Waals surface area contributed by atoms with Crippen molar-refractivity contribution in [1.82, 2.24) is 0 Å². The quantitative estimate of drug-likeness (QED) is 0.768. The van der Waals surface area contributed by atoms with Crippen molar-refractivity contribution in [3.05, 3.63) is 60.2 Å². The van der Waals surface area contributed by atoms with E-state index < -0.39 is 0 Å². The highest BCUT2D eigenvalue weighted by Gasteiger charge is 2.09. The van der Waals surface area contributed by atoms with Gasteiger partial charge in [-0.15, -0.1) is 0 Å². The van der Waals surface area contributed by atoms with Crippen molar-refractivity contribution in [2.24, 2.45) is 0 Å². The molecule has 0 heterocycles. The summed E-state index contributed by atoms with van der Waals surface area (Å²) in [4.78, 5) is 1.91. The number of halogens is 2. The lowest BCUT2D eigenvalue weighted by Gasteiger charge is -2.24. The van der Waals surface area contributed by atoms with Crippen molar-refractivity contribution < 1.29 is 8.78 Å². The molecule has 2 aromatic rings. The van der Waals surface area contributed by atoms with Crippen LogP contribution < -0.4 is 4.90 Å². The minimum absolute atomic E-state index is 0.287. The zero-order valence-electron chi connectivity index (χ0n) is 10.2. The Morgan fingerprint density at radius 3 is 1.78 bits per heavy atom. The van der Waals surface area contributed by atoms with E-state index in [1.807, 2.05) is 24.0 Å². The molecule has 0 saturated carbocycles. The Balaban J connectivity index is 2.39. The lowest BCUT2D eigenvalue weighted by molar-refractivity contribution is 0.626. The first kappa shape index (κ1) is 12.6. The summed E-state index contributed by atoms with van der Waals surface area (Å²) in [6.45, 7) is 2.75. The number of rotatable bonds is 4. The van der Waals surface area contributed by atoms with Crippen molar-refractivity contribution >= 4 is 11.4 Å². The van der Waals surface area contributed by atoms with Crippen LogP contribution in [0.25, 0.3) is 0 Å². The van der Waals surface area contributed by atoms with Gasteiger partial charge in [0.2, 0.25) is 0 Å². The zero-order valence-corrected chi connectivity index (χ0v) is 10.2. The highest BCUT2D eigenvalue weighted by atomic mass is 19.1. The summed E-state index contributed by atoms with van der Waals surface area (Å²) in [6, 6.07) is 12.7. The van der Waals surface area contributed by atoms with Gasteiger partial charge in [-0.3, -0.25) is 0 Å². The van der Waals surface area contributed by atoms with Crippen LogP contribution in [-0.4, -0.2) is 6.54 Å². The average Bonchev–Trinajstić information content (AvgIpc) is 2.36.